The summed E-state index contributed by atoms with van der Waals surface area (Å²) in [5.41, 5.74) is 4.37. The molecule has 0 atom stereocenters. The molecule has 0 aliphatic carbocycles. The van der Waals surface area contributed by atoms with Crippen LogP contribution in [0.5, 0.6) is 5.75 Å². The summed E-state index contributed by atoms with van der Waals surface area (Å²) in [5.74, 6) is 1.69. The lowest BCUT2D eigenvalue weighted by Gasteiger charge is -2.30. The van der Waals surface area contributed by atoms with E-state index in [1.807, 2.05) is 30.3 Å². The van der Waals surface area contributed by atoms with Gasteiger partial charge in [0.2, 0.25) is 5.89 Å². The summed E-state index contributed by atoms with van der Waals surface area (Å²) in [6, 6.07) is 14.2. The zero-order chi connectivity index (χ0) is 14.9. The molecular weight excluding hydrogens is 276 g/mol. The third-order valence-corrected chi connectivity index (χ3v) is 4.17. The van der Waals surface area contributed by atoms with Gasteiger partial charge in [-0.2, -0.15) is 0 Å². The Morgan fingerprint density at radius 1 is 1.23 bits per heavy atom. The van der Waals surface area contributed by atoms with Crippen LogP contribution in [0.15, 0.2) is 46.9 Å². The molecule has 4 heteroatoms. The number of fused-ring (bicyclic) bond motifs is 2. The second-order valence-electron chi connectivity index (χ2n) is 5.60. The van der Waals surface area contributed by atoms with Gasteiger partial charge in [-0.05, 0) is 48.7 Å². The number of hydrogen-bond donors (Lipinski definition) is 0. The van der Waals surface area contributed by atoms with E-state index in [0.29, 0.717) is 6.54 Å². The van der Waals surface area contributed by atoms with Gasteiger partial charge in [0.25, 0.3) is 0 Å². The van der Waals surface area contributed by atoms with Crippen LogP contribution >= 0.6 is 0 Å². The molecule has 2 aromatic carbocycles. The number of para-hydroxylation sites is 2. The molecule has 3 aromatic rings. The molecule has 0 spiro atoms. The number of aromatic nitrogens is 1. The van der Waals surface area contributed by atoms with Crippen LogP contribution in [-0.4, -0.2) is 18.6 Å². The number of ether oxygens (including phenoxy) is 1. The smallest absolute Gasteiger partial charge is 0.215 e. The maximum absolute atomic E-state index is 5.85. The number of aryl methyl sites for hydroxylation is 1. The van der Waals surface area contributed by atoms with Crippen LogP contribution in [-0.2, 0) is 13.0 Å². The molecule has 0 amide bonds. The summed E-state index contributed by atoms with van der Waals surface area (Å²) in [7, 11) is 1.71. The van der Waals surface area contributed by atoms with E-state index in [-0.39, 0.29) is 0 Å². The highest BCUT2D eigenvalue weighted by Gasteiger charge is 2.19. The predicted molar refractivity (Wildman–Crippen MR) is 86.4 cm³/mol. The molecule has 1 aromatic heterocycles. The highest BCUT2D eigenvalue weighted by molar-refractivity contribution is 5.72. The van der Waals surface area contributed by atoms with E-state index in [1.165, 1.54) is 11.3 Å². The Balaban J connectivity index is 1.64. The Morgan fingerprint density at radius 3 is 3.00 bits per heavy atom. The van der Waals surface area contributed by atoms with Crippen molar-refractivity contribution in [2.75, 3.05) is 18.6 Å². The van der Waals surface area contributed by atoms with Gasteiger partial charge in [-0.3, -0.25) is 0 Å². The van der Waals surface area contributed by atoms with Gasteiger partial charge in [0.05, 0.1) is 13.7 Å². The van der Waals surface area contributed by atoms with Crippen LogP contribution in [0.2, 0.25) is 0 Å². The zero-order valence-corrected chi connectivity index (χ0v) is 12.6. The second-order valence-corrected chi connectivity index (χ2v) is 5.60. The molecule has 0 fully saturated rings. The summed E-state index contributed by atoms with van der Waals surface area (Å²) in [6.45, 7) is 1.73. The fraction of sp³-hybridized carbons (Fsp3) is 0.278. The van der Waals surface area contributed by atoms with Gasteiger partial charge in [0, 0.05) is 12.2 Å². The fourth-order valence-electron chi connectivity index (χ4n) is 3.09. The summed E-state index contributed by atoms with van der Waals surface area (Å²) in [6.07, 6.45) is 2.23. The molecule has 1 aliphatic rings. The van der Waals surface area contributed by atoms with Crippen molar-refractivity contribution in [3.8, 4) is 5.75 Å². The summed E-state index contributed by atoms with van der Waals surface area (Å²) in [4.78, 5) is 6.92. The number of benzene rings is 2. The standard InChI is InChI=1S/C18H18N2O2/c1-21-14-8-9-16-13(11-14)5-4-10-20(16)12-18-19-15-6-2-3-7-17(15)22-18/h2-3,6-9,11H,4-5,10,12H2,1H3. The molecule has 0 saturated heterocycles. The van der Waals surface area contributed by atoms with Crippen molar-refractivity contribution in [3.63, 3.8) is 0 Å². The first-order chi connectivity index (χ1) is 10.8. The number of oxazole rings is 1. The minimum Gasteiger partial charge on any atom is -0.497 e. The molecule has 0 saturated carbocycles. The average Bonchev–Trinajstić information content (AvgIpc) is 2.97. The van der Waals surface area contributed by atoms with Crippen LogP contribution in [0.3, 0.4) is 0 Å². The van der Waals surface area contributed by atoms with Crippen molar-refractivity contribution in [1.29, 1.82) is 0 Å². The highest BCUT2D eigenvalue weighted by Crippen LogP contribution is 2.31. The lowest BCUT2D eigenvalue weighted by molar-refractivity contribution is 0.414. The van der Waals surface area contributed by atoms with E-state index >= 15 is 0 Å². The van der Waals surface area contributed by atoms with E-state index in [2.05, 4.69) is 22.0 Å². The maximum atomic E-state index is 5.85. The SMILES string of the molecule is COc1ccc2c(c1)CCCN2Cc1nc2ccccc2o1. The minimum atomic E-state index is 0.702. The Kier molecular flexibility index (Phi) is 3.22. The molecule has 2 heterocycles. The molecule has 1 aliphatic heterocycles. The van der Waals surface area contributed by atoms with Crippen LogP contribution in [0.25, 0.3) is 11.1 Å². The molecule has 0 unspecified atom stereocenters. The first kappa shape index (κ1) is 13.2. The molecule has 4 rings (SSSR count). The molecular formula is C18H18N2O2. The minimum absolute atomic E-state index is 0.702. The topological polar surface area (TPSA) is 38.5 Å². The van der Waals surface area contributed by atoms with Crippen LogP contribution in [0.4, 0.5) is 5.69 Å². The number of rotatable bonds is 3. The third-order valence-electron chi connectivity index (χ3n) is 4.17. The number of hydrogen-bond acceptors (Lipinski definition) is 4. The normalized spacial score (nSPS) is 14.1. The van der Waals surface area contributed by atoms with Gasteiger partial charge in [0.1, 0.15) is 11.3 Å². The number of nitrogens with zero attached hydrogens (tertiary/aromatic N) is 2. The number of methoxy groups -OCH3 is 1. The van der Waals surface area contributed by atoms with Gasteiger partial charge in [-0.15, -0.1) is 0 Å². The highest BCUT2D eigenvalue weighted by atomic mass is 16.5. The Bertz CT molecular complexity index is 777. The molecule has 4 nitrogen and oxygen atoms in total. The lowest BCUT2D eigenvalue weighted by Crippen LogP contribution is -2.28. The van der Waals surface area contributed by atoms with Crippen molar-refractivity contribution in [1.82, 2.24) is 4.98 Å². The average molecular weight is 294 g/mol. The number of anilines is 1. The first-order valence-corrected chi connectivity index (χ1v) is 7.60. The quantitative estimate of drug-likeness (QED) is 0.736. The van der Waals surface area contributed by atoms with E-state index in [4.69, 9.17) is 9.15 Å². The Morgan fingerprint density at radius 2 is 2.14 bits per heavy atom. The molecule has 0 radical (unpaired) electrons. The van der Waals surface area contributed by atoms with Crippen LogP contribution in [0, 0.1) is 0 Å². The van der Waals surface area contributed by atoms with Crippen molar-refractivity contribution in [3.05, 3.63) is 53.9 Å². The fourth-order valence-corrected chi connectivity index (χ4v) is 3.09. The van der Waals surface area contributed by atoms with E-state index < -0.39 is 0 Å². The van der Waals surface area contributed by atoms with E-state index in [1.54, 1.807) is 7.11 Å². The zero-order valence-electron chi connectivity index (χ0n) is 12.6. The summed E-state index contributed by atoms with van der Waals surface area (Å²) < 4.78 is 11.2. The molecule has 112 valence electrons. The van der Waals surface area contributed by atoms with E-state index in [9.17, 15) is 0 Å². The van der Waals surface area contributed by atoms with Crippen molar-refractivity contribution in [2.45, 2.75) is 19.4 Å². The van der Waals surface area contributed by atoms with Gasteiger partial charge in [0.15, 0.2) is 5.58 Å². The Hall–Kier alpha value is -2.49. The van der Waals surface area contributed by atoms with Gasteiger partial charge < -0.3 is 14.1 Å². The van der Waals surface area contributed by atoms with Crippen molar-refractivity contribution >= 4 is 16.8 Å². The molecule has 0 bridgehead atoms. The molecule has 0 N–H and O–H groups in total. The predicted octanol–water partition coefficient (Wildman–Crippen LogP) is 3.79. The van der Waals surface area contributed by atoms with Crippen LogP contribution in [0.1, 0.15) is 17.9 Å². The maximum Gasteiger partial charge on any atom is 0.215 e. The summed E-state index contributed by atoms with van der Waals surface area (Å²) in [5, 5.41) is 0. The van der Waals surface area contributed by atoms with E-state index in [0.717, 1.165) is 42.1 Å². The molecule has 22 heavy (non-hydrogen) atoms. The van der Waals surface area contributed by atoms with Crippen molar-refractivity contribution in [2.24, 2.45) is 0 Å². The van der Waals surface area contributed by atoms with Gasteiger partial charge >= 0.3 is 0 Å². The Labute approximate surface area is 129 Å². The largest absolute Gasteiger partial charge is 0.497 e. The third kappa shape index (κ3) is 2.30. The van der Waals surface area contributed by atoms with Gasteiger partial charge in [-0.25, -0.2) is 4.98 Å². The van der Waals surface area contributed by atoms with Crippen molar-refractivity contribution < 1.29 is 9.15 Å². The summed E-state index contributed by atoms with van der Waals surface area (Å²) >= 11 is 0. The monoisotopic (exact) mass is 294 g/mol. The van der Waals surface area contributed by atoms with Crippen LogP contribution < -0.4 is 9.64 Å². The second kappa shape index (κ2) is 5.37. The first-order valence-electron chi connectivity index (χ1n) is 7.60. The van der Waals surface area contributed by atoms with Gasteiger partial charge in [-0.1, -0.05) is 12.1 Å². The lowest BCUT2D eigenvalue weighted by atomic mass is 10.0.